The van der Waals surface area contributed by atoms with E-state index in [9.17, 15) is 4.79 Å². The molecule has 0 spiro atoms. The van der Waals surface area contributed by atoms with E-state index in [0.29, 0.717) is 9.49 Å². The van der Waals surface area contributed by atoms with Crippen LogP contribution in [0.4, 0.5) is 0 Å². The van der Waals surface area contributed by atoms with Crippen LogP contribution in [0.2, 0.25) is 0 Å². The minimum absolute atomic E-state index is 0.0601. The summed E-state index contributed by atoms with van der Waals surface area (Å²) in [5, 5.41) is 0. The Hall–Kier alpha value is -4.48. The monoisotopic (exact) mass is 498 g/mol. The van der Waals surface area contributed by atoms with Crippen molar-refractivity contribution in [1.82, 2.24) is 9.38 Å². The molecule has 1 aliphatic heterocycles. The van der Waals surface area contributed by atoms with Crippen LogP contribution < -0.4 is 14.8 Å². The van der Waals surface area contributed by atoms with Crippen LogP contribution in [0, 0.1) is 6.92 Å². The summed E-state index contributed by atoms with van der Waals surface area (Å²) in [7, 11) is 0. The number of fused-ring (bicyclic) bond motifs is 4. The van der Waals surface area contributed by atoms with Crippen molar-refractivity contribution in [3.05, 3.63) is 146 Å². The summed E-state index contributed by atoms with van der Waals surface area (Å²) in [6.45, 7) is 2.09. The Morgan fingerprint density at radius 3 is 2.43 bits per heavy atom. The summed E-state index contributed by atoms with van der Waals surface area (Å²) in [6, 6.07) is 34.7. The van der Waals surface area contributed by atoms with Crippen LogP contribution in [-0.4, -0.2) is 9.38 Å². The third kappa shape index (κ3) is 3.59. The predicted octanol–water partition coefficient (Wildman–Crippen LogP) is 6.35. The molecule has 0 N–H and O–H groups in total. The average Bonchev–Trinajstić information content (AvgIpc) is 3.45. The highest BCUT2D eigenvalue weighted by molar-refractivity contribution is 7.15. The zero-order chi connectivity index (χ0) is 24.9. The summed E-state index contributed by atoms with van der Waals surface area (Å²) in [4.78, 5) is 19.1. The highest BCUT2D eigenvalue weighted by atomic mass is 32.1. The first-order chi connectivity index (χ1) is 18.2. The second kappa shape index (κ2) is 8.57. The van der Waals surface area contributed by atoms with E-state index in [4.69, 9.17) is 9.72 Å². The van der Waals surface area contributed by atoms with Crippen molar-refractivity contribution in [1.29, 1.82) is 0 Å². The van der Waals surface area contributed by atoms with Gasteiger partial charge in [0.05, 0.1) is 15.6 Å². The topological polar surface area (TPSA) is 43.6 Å². The summed E-state index contributed by atoms with van der Waals surface area (Å²) in [6.07, 6.45) is 2.01. The molecule has 5 heteroatoms. The molecule has 1 aliphatic rings. The Balaban J connectivity index is 1.54. The Morgan fingerprint density at radius 1 is 0.865 bits per heavy atom. The Kier molecular flexibility index (Phi) is 5.05. The maximum Gasteiger partial charge on any atom is 0.274 e. The predicted molar refractivity (Wildman–Crippen MR) is 150 cm³/mol. The third-order valence-electron chi connectivity index (χ3n) is 6.89. The van der Waals surface area contributed by atoms with Crippen molar-refractivity contribution in [3.63, 3.8) is 0 Å². The van der Waals surface area contributed by atoms with Crippen LogP contribution in [-0.2, 0) is 0 Å². The highest BCUT2D eigenvalue weighted by Gasteiger charge is 2.31. The van der Waals surface area contributed by atoms with Gasteiger partial charge in [0.15, 0.2) is 4.96 Å². The van der Waals surface area contributed by atoms with Crippen LogP contribution >= 0.6 is 11.3 Å². The van der Waals surface area contributed by atoms with Crippen LogP contribution in [0.25, 0.3) is 27.8 Å². The van der Waals surface area contributed by atoms with Gasteiger partial charge in [0.2, 0.25) is 0 Å². The largest absolute Gasteiger partial charge is 0.456 e. The molecule has 0 radical (unpaired) electrons. The van der Waals surface area contributed by atoms with Crippen molar-refractivity contribution in [2.24, 2.45) is 0 Å². The molecule has 6 aromatic rings. The van der Waals surface area contributed by atoms with Gasteiger partial charge in [-0.3, -0.25) is 4.79 Å². The number of aryl methyl sites for hydroxylation is 1. The molecule has 2 aromatic heterocycles. The van der Waals surface area contributed by atoms with Gasteiger partial charge in [-0.25, -0.2) is 9.38 Å². The maximum absolute atomic E-state index is 13.7. The van der Waals surface area contributed by atoms with Gasteiger partial charge in [-0.15, -0.1) is 0 Å². The van der Waals surface area contributed by atoms with Crippen LogP contribution in [0.15, 0.2) is 113 Å². The van der Waals surface area contributed by atoms with Crippen LogP contribution in [0.3, 0.4) is 0 Å². The SMILES string of the molecule is Cc1ccc(C2C(/C=c3/sc4nc5ccccc5n4c3=O)=C(c3ccccc3)Oc3ccccc32)cc1. The molecule has 1 atom stereocenters. The molecule has 0 bridgehead atoms. The van der Waals surface area contributed by atoms with Gasteiger partial charge in [0.1, 0.15) is 11.5 Å². The molecule has 7 rings (SSSR count). The van der Waals surface area contributed by atoms with E-state index in [2.05, 4.69) is 49.4 Å². The number of benzene rings is 4. The number of imidazole rings is 1. The van der Waals surface area contributed by atoms with Gasteiger partial charge in [-0.1, -0.05) is 102 Å². The molecule has 0 aliphatic carbocycles. The number of thiazole rings is 1. The first-order valence-electron chi connectivity index (χ1n) is 12.2. The van der Waals surface area contributed by atoms with Crippen LogP contribution in [0.1, 0.15) is 28.2 Å². The minimum Gasteiger partial charge on any atom is -0.456 e. The van der Waals surface area contributed by atoms with Gasteiger partial charge in [0.25, 0.3) is 5.56 Å². The van der Waals surface area contributed by atoms with Gasteiger partial charge in [-0.2, -0.15) is 0 Å². The van der Waals surface area contributed by atoms with Crippen molar-refractivity contribution in [2.45, 2.75) is 12.8 Å². The quantitative estimate of drug-likeness (QED) is 0.285. The zero-order valence-corrected chi connectivity index (χ0v) is 20.9. The fourth-order valence-corrected chi connectivity index (χ4v) is 6.09. The highest BCUT2D eigenvalue weighted by Crippen LogP contribution is 2.46. The molecule has 0 amide bonds. The molecule has 4 nitrogen and oxygen atoms in total. The molecule has 0 fully saturated rings. The number of allylic oxidation sites excluding steroid dienone is 1. The molecule has 37 heavy (non-hydrogen) atoms. The molecule has 1 unspecified atom stereocenters. The van der Waals surface area contributed by atoms with E-state index < -0.39 is 0 Å². The number of hydrogen-bond acceptors (Lipinski definition) is 4. The van der Waals surface area contributed by atoms with E-state index in [1.165, 1.54) is 16.9 Å². The number of aromatic nitrogens is 2. The number of ether oxygens (including phenoxy) is 1. The molecule has 4 aromatic carbocycles. The second-order valence-electron chi connectivity index (χ2n) is 9.27. The Morgan fingerprint density at radius 2 is 1.59 bits per heavy atom. The van der Waals surface area contributed by atoms with E-state index in [-0.39, 0.29) is 11.5 Å². The summed E-state index contributed by atoms with van der Waals surface area (Å²) < 4.78 is 8.92. The summed E-state index contributed by atoms with van der Waals surface area (Å²) in [5.74, 6) is 1.50. The zero-order valence-electron chi connectivity index (χ0n) is 20.1. The van der Waals surface area contributed by atoms with Crippen LogP contribution in [0.5, 0.6) is 5.75 Å². The molecule has 0 saturated carbocycles. The van der Waals surface area contributed by atoms with Gasteiger partial charge < -0.3 is 4.74 Å². The first kappa shape index (κ1) is 21.8. The lowest BCUT2D eigenvalue weighted by molar-refractivity contribution is 0.488. The lowest BCUT2D eigenvalue weighted by atomic mass is 9.81. The number of para-hydroxylation sites is 3. The third-order valence-corrected chi connectivity index (χ3v) is 7.86. The normalized spacial score (nSPS) is 15.8. The molecular formula is C32H22N2O2S. The molecule has 3 heterocycles. The van der Waals surface area contributed by atoms with Crippen molar-refractivity contribution in [3.8, 4) is 5.75 Å². The van der Waals surface area contributed by atoms with Gasteiger partial charge in [0, 0.05) is 22.6 Å². The van der Waals surface area contributed by atoms with Gasteiger partial charge >= 0.3 is 0 Å². The summed E-state index contributed by atoms with van der Waals surface area (Å²) in [5.41, 5.74) is 6.96. The molecular weight excluding hydrogens is 476 g/mol. The molecule has 0 saturated heterocycles. The second-order valence-corrected chi connectivity index (χ2v) is 10.3. The minimum atomic E-state index is -0.0914. The maximum atomic E-state index is 13.7. The Labute approximate surface area is 217 Å². The summed E-state index contributed by atoms with van der Waals surface area (Å²) >= 11 is 1.42. The van der Waals surface area contributed by atoms with Crippen molar-refractivity contribution >= 4 is 39.2 Å². The fourth-order valence-electron chi connectivity index (χ4n) is 5.11. The standard InChI is InChI=1S/C32H22N2O2S/c1-20-15-17-21(18-16-20)29-23-11-5-8-14-27(23)36-30(22-9-3-2-4-10-22)24(29)19-28-31(35)34-26-13-7-6-12-25(26)33-32(34)37-28/h2-19,29H,1H3/b28-19+. The van der Waals surface area contributed by atoms with Crippen molar-refractivity contribution in [2.75, 3.05) is 0 Å². The lowest BCUT2D eigenvalue weighted by Crippen LogP contribution is -2.24. The first-order valence-corrected chi connectivity index (χ1v) is 13.0. The van der Waals surface area contributed by atoms with Crippen molar-refractivity contribution < 1.29 is 4.74 Å². The Bertz CT molecular complexity index is 1930. The van der Waals surface area contributed by atoms with E-state index in [1.807, 2.05) is 66.7 Å². The number of nitrogens with zero attached hydrogens (tertiary/aromatic N) is 2. The van der Waals surface area contributed by atoms with E-state index >= 15 is 0 Å². The number of hydrogen-bond donors (Lipinski definition) is 0. The average molecular weight is 499 g/mol. The molecule has 178 valence electrons. The van der Waals surface area contributed by atoms with E-state index in [0.717, 1.165) is 44.8 Å². The lowest BCUT2D eigenvalue weighted by Gasteiger charge is -2.30. The fraction of sp³-hybridized carbons (Fsp3) is 0.0625. The van der Waals surface area contributed by atoms with E-state index in [1.54, 1.807) is 4.40 Å². The van der Waals surface area contributed by atoms with Gasteiger partial charge in [-0.05, 0) is 36.8 Å². The smallest absolute Gasteiger partial charge is 0.274 e. The number of rotatable bonds is 3.